The first kappa shape index (κ1) is 14.9. The molecule has 1 saturated carbocycles. The Kier molecular flexibility index (Phi) is 3.59. The Morgan fingerprint density at radius 1 is 1.43 bits per heavy atom. The Hall–Kier alpha value is -0.970. The zero-order chi connectivity index (χ0) is 15.4. The van der Waals surface area contributed by atoms with Gasteiger partial charge in [-0.2, -0.15) is 5.26 Å². The van der Waals surface area contributed by atoms with E-state index < -0.39 is 18.2 Å². The second-order valence-electron chi connectivity index (χ2n) is 6.41. The van der Waals surface area contributed by atoms with Crippen LogP contribution < -0.4 is 0 Å². The number of methoxy groups -OCH3 is 1. The fourth-order valence-corrected chi connectivity index (χ4v) is 3.42. The van der Waals surface area contributed by atoms with Gasteiger partial charge in [0.2, 0.25) is 0 Å². The second kappa shape index (κ2) is 5.04. The SMILES string of the molecule is C=C(C#N)[C@H](O)[C@@H]1C[C@H]1C1O[C@@H]2OC(C)(C)O[C@@H]2[C@H]1OC. The molecule has 6 heteroatoms. The van der Waals surface area contributed by atoms with Crippen molar-refractivity contribution in [2.45, 2.75) is 56.8 Å². The number of ether oxygens (including phenoxy) is 4. The molecule has 0 bridgehead atoms. The molecule has 2 saturated heterocycles. The number of nitriles is 1. The van der Waals surface area contributed by atoms with Gasteiger partial charge in [-0.3, -0.25) is 0 Å². The first-order valence-electron chi connectivity index (χ1n) is 7.19. The summed E-state index contributed by atoms with van der Waals surface area (Å²) in [6.45, 7) is 7.27. The maximum atomic E-state index is 10.1. The Labute approximate surface area is 124 Å². The number of hydrogen-bond donors (Lipinski definition) is 1. The highest BCUT2D eigenvalue weighted by molar-refractivity contribution is 5.24. The van der Waals surface area contributed by atoms with Gasteiger partial charge in [0, 0.05) is 7.11 Å². The minimum atomic E-state index is -0.806. The fraction of sp³-hybridized carbons (Fsp3) is 0.800. The molecular weight excluding hydrogens is 274 g/mol. The molecule has 7 atom stereocenters. The van der Waals surface area contributed by atoms with Crippen LogP contribution in [0.2, 0.25) is 0 Å². The molecule has 0 spiro atoms. The summed E-state index contributed by atoms with van der Waals surface area (Å²) in [5, 5.41) is 18.9. The lowest BCUT2D eigenvalue weighted by molar-refractivity contribution is -0.219. The van der Waals surface area contributed by atoms with Gasteiger partial charge in [0.25, 0.3) is 0 Å². The maximum absolute atomic E-state index is 10.1. The van der Waals surface area contributed by atoms with Crippen molar-refractivity contribution in [3.8, 4) is 6.07 Å². The molecule has 0 aromatic heterocycles. The van der Waals surface area contributed by atoms with Gasteiger partial charge in [0.1, 0.15) is 12.2 Å². The molecule has 1 unspecified atom stereocenters. The predicted molar refractivity (Wildman–Crippen MR) is 71.9 cm³/mol. The third-order valence-electron chi connectivity index (χ3n) is 4.52. The average Bonchev–Trinajstić information content (AvgIpc) is 3.08. The average molecular weight is 295 g/mol. The van der Waals surface area contributed by atoms with E-state index in [1.54, 1.807) is 7.11 Å². The molecule has 1 aliphatic carbocycles. The van der Waals surface area contributed by atoms with Crippen LogP contribution in [0.4, 0.5) is 0 Å². The van der Waals surface area contributed by atoms with Crippen molar-refractivity contribution < 1.29 is 24.1 Å². The third kappa shape index (κ3) is 2.50. The second-order valence-corrected chi connectivity index (χ2v) is 6.41. The lowest BCUT2D eigenvalue weighted by Crippen LogP contribution is -2.37. The largest absolute Gasteiger partial charge is 0.387 e. The highest BCUT2D eigenvalue weighted by Gasteiger charge is 2.61. The van der Waals surface area contributed by atoms with Crippen molar-refractivity contribution in [1.82, 2.24) is 0 Å². The highest BCUT2D eigenvalue weighted by atomic mass is 16.8. The molecule has 116 valence electrons. The normalized spacial score (nSPS) is 44.9. The van der Waals surface area contributed by atoms with E-state index in [1.807, 2.05) is 19.9 Å². The van der Waals surface area contributed by atoms with Gasteiger partial charge >= 0.3 is 0 Å². The van der Waals surface area contributed by atoms with Crippen LogP contribution >= 0.6 is 0 Å². The minimum absolute atomic E-state index is 0.00774. The Morgan fingerprint density at radius 3 is 2.76 bits per heavy atom. The van der Waals surface area contributed by atoms with Crippen molar-refractivity contribution >= 4 is 0 Å². The molecule has 1 N–H and O–H groups in total. The van der Waals surface area contributed by atoms with E-state index in [2.05, 4.69) is 6.58 Å². The van der Waals surface area contributed by atoms with Crippen LogP contribution in [0, 0.1) is 23.2 Å². The van der Waals surface area contributed by atoms with E-state index in [1.165, 1.54) is 0 Å². The topological polar surface area (TPSA) is 80.9 Å². The summed E-state index contributed by atoms with van der Waals surface area (Å²) in [4.78, 5) is 0. The van der Waals surface area contributed by atoms with Gasteiger partial charge in [-0.05, 0) is 32.1 Å². The van der Waals surface area contributed by atoms with Gasteiger partial charge in [-0.15, -0.1) is 0 Å². The number of rotatable bonds is 4. The Balaban J connectivity index is 1.67. The number of nitrogens with zero attached hydrogens (tertiary/aromatic N) is 1. The molecule has 0 amide bonds. The summed E-state index contributed by atoms with van der Waals surface area (Å²) in [5.74, 6) is -0.545. The van der Waals surface area contributed by atoms with E-state index in [-0.39, 0.29) is 35.7 Å². The van der Waals surface area contributed by atoms with Gasteiger partial charge in [-0.1, -0.05) is 6.58 Å². The van der Waals surface area contributed by atoms with Crippen LogP contribution in [0.1, 0.15) is 20.3 Å². The summed E-state index contributed by atoms with van der Waals surface area (Å²) in [5.41, 5.74) is 0.197. The lowest BCUT2D eigenvalue weighted by Gasteiger charge is -2.25. The predicted octanol–water partition coefficient (Wildman–Crippen LogP) is 0.955. The monoisotopic (exact) mass is 295 g/mol. The number of hydrogen-bond acceptors (Lipinski definition) is 6. The molecule has 21 heavy (non-hydrogen) atoms. The van der Waals surface area contributed by atoms with Crippen LogP contribution in [0.5, 0.6) is 0 Å². The minimum Gasteiger partial charge on any atom is -0.387 e. The van der Waals surface area contributed by atoms with Gasteiger partial charge in [0.15, 0.2) is 12.1 Å². The first-order valence-corrected chi connectivity index (χ1v) is 7.19. The quantitative estimate of drug-likeness (QED) is 0.778. The number of aliphatic hydroxyl groups excluding tert-OH is 1. The number of aliphatic hydroxyl groups is 1. The van der Waals surface area contributed by atoms with Crippen molar-refractivity contribution in [1.29, 1.82) is 5.26 Å². The van der Waals surface area contributed by atoms with Crippen molar-refractivity contribution in [2.24, 2.45) is 11.8 Å². The zero-order valence-electron chi connectivity index (χ0n) is 12.5. The van der Waals surface area contributed by atoms with Crippen molar-refractivity contribution in [3.05, 3.63) is 12.2 Å². The molecule has 0 aromatic rings. The van der Waals surface area contributed by atoms with Crippen molar-refractivity contribution in [3.63, 3.8) is 0 Å². The maximum Gasteiger partial charge on any atom is 0.190 e. The summed E-state index contributed by atoms with van der Waals surface area (Å²) < 4.78 is 23.1. The molecule has 6 nitrogen and oxygen atoms in total. The fourth-order valence-electron chi connectivity index (χ4n) is 3.42. The van der Waals surface area contributed by atoms with Crippen LogP contribution in [0.15, 0.2) is 12.2 Å². The molecule has 0 radical (unpaired) electrons. The zero-order valence-corrected chi connectivity index (χ0v) is 12.5. The summed E-state index contributed by atoms with van der Waals surface area (Å²) in [6, 6.07) is 1.91. The smallest absolute Gasteiger partial charge is 0.190 e. The summed E-state index contributed by atoms with van der Waals surface area (Å²) >= 11 is 0. The molecule has 2 aliphatic heterocycles. The summed E-state index contributed by atoms with van der Waals surface area (Å²) in [6.07, 6.45) is -1.13. The van der Waals surface area contributed by atoms with Gasteiger partial charge < -0.3 is 24.1 Å². The van der Waals surface area contributed by atoms with Crippen LogP contribution in [-0.2, 0) is 18.9 Å². The van der Waals surface area contributed by atoms with Crippen molar-refractivity contribution in [2.75, 3.05) is 7.11 Å². The molecule has 0 aromatic carbocycles. The van der Waals surface area contributed by atoms with Crippen LogP contribution in [0.3, 0.4) is 0 Å². The van der Waals surface area contributed by atoms with Gasteiger partial charge in [0.05, 0.1) is 23.9 Å². The molecular formula is C15H21NO5. The standard InChI is InChI=1S/C15H21NO5/c1-7(6-16)10(17)8-5-9(8)11-12(18-4)13-14(19-11)21-15(2,3)20-13/h8-14,17H,1,5H2,2-4H3/t8-,9-,10+,11?,12+,13-,14-/m1/s1. The van der Waals surface area contributed by atoms with Crippen LogP contribution in [0.25, 0.3) is 0 Å². The molecule has 2 heterocycles. The van der Waals surface area contributed by atoms with E-state index in [9.17, 15) is 5.11 Å². The molecule has 3 fully saturated rings. The molecule has 3 aliphatic rings. The van der Waals surface area contributed by atoms with E-state index >= 15 is 0 Å². The summed E-state index contributed by atoms with van der Waals surface area (Å²) in [7, 11) is 1.63. The highest BCUT2D eigenvalue weighted by Crippen LogP contribution is 2.52. The first-order chi connectivity index (χ1) is 9.88. The van der Waals surface area contributed by atoms with E-state index in [4.69, 9.17) is 24.2 Å². The Bertz CT molecular complexity index is 485. The Morgan fingerprint density at radius 2 is 2.14 bits per heavy atom. The third-order valence-corrected chi connectivity index (χ3v) is 4.52. The lowest BCUT2D eigenvalue weighted by atomic mass is 10.0. The molecule has 3 rings (SSSR count). The number of fused-ring (bicyclic) bond motifs is 1. The van der Waals surface area contributed by atoms with Gasteiger partial charge in [-0.25, -0.2) is 0 Å². The van der Waals surface area contributed by atoms with E-state index in [0.29, 0.717) is 0 Å². The van der Waals surface area contributed by atoms with Crippen LogP contribution in [-0.4, -0.2) is 48.7 Å². The van der Waals surface area contributed by atoms with E-state index in [0.717, 1.165) is 6.42 Å².